The monoisotopic (exact) mass is 642 g/mol. The fourth-order valence-corrected chi connectivity index (χ4v) is 4.83. The number of benzene rings is 2. The lowest BCUT2D eigenvalue weighted by molar-refractivity contribution is -0.146. The highest BCUT2D eigenvalue weighted by molar-refractivity contribution is 9.10. The Morgan fingerprint density at radius 1 is 0.545 bits per heavy atom. The second-order valence-corrected chi connectivity index (χ2v) is 9.48. The summed E-state index contributed by atoms with van der Waals surface area (Å²) in [6, 6.07) is 2.63. The average molecular weight is 644 g/mol. The van der Waals surface area contributed by atoms with E-state index in [2.05, 4.69) is 31.9 Å². The number of thioether (sulfide) groups is 1. The molecule has 2 aromatic carbocycles. The third kappa shape index (κ3) is 6.96. The van der Waals surface area contributed by atoms with Crippen molar-refractivity contribution in [1.29, 1.82) is 0 Å². The lowest BCUT2D eigenvalue weighted by Crippen LogP contribution is -2.28. The van der Waals surface area contributed by atoms with Crippen molar-refractivity contribution < 1.29 is 52.7 Å². The van der Waals surface area contributed by atoms with Gasteiger partial charge in [0.2, 0.25) is 0 Å². The Hall–Kier alpha value is -1.09. The molecule has 0 radical (unpaired) electrons. The molecular formula is C18H8Br2F12S. The summed E-state index contributed by atoms with van der Waals surface area (Å²) in [5.74, 6) is 0. The highest BCUT2D eigenvalue weighted by Crippen LogP contribution is 2.58. The first-order valence-electron chi connectivity index (χ1n) is 8.25. The zero-order valence-corrected chi connectivity index (χ0v) is 19.3. The summed E-state index contributed by atoms with van der Waals surface area (Å²) in [6.45, 7) is 0. The normalized spacial score (nSPS) is 15.5. The molecule has 0 saturated heterocycles. The summed E-state index contributed by atoms with van der Waals surface area (Å²) < 4.78 is 162. The number of hydrogen-bond donors (Lipinski definition) is 0. The van der Waals surface area contributed by atoms with Crippen LogP contribution >= 0.6 is 43.6 Å². The Bertz CT molecular complexity index is 912. The van der Waals surface area contributed by atoms with Gasteiger partial charge in [-0.05, 0) is 47.5 Å². The Morgan fingerprint density at radius 3 is 1.09 bits per heavy atom. The Labute approximate surface area is 199 Å². The van der Waals surface area contributed by atoms with E-state index in [9.17, 15) is 52.7 Å². The van der Waals surface area contributed by atoms with Gasteiger partial charge in [-0.2, -0.15) is 52.7 Å². The maximum atomic E-state index is 13.8. The van der Waals surface area contributed by atoms with E-state index in [1.54, 1.807) is 0 Å². The zero-order valence-electron chi connectivity index (χ0n) is 15.3. The predicted molar refractivity (Wildman–Crippen MR) is 103 cm³/mol. The van der Waals surface area contributed by atoms with E-state index in [1.807, 2.05) is 0 Å². The van der Waals surface area contributed by atoms with Crippen LogP contribution in [0.25, 0.3) is 0 Å². The van der Waals surface area contributed by atoms with Gasteiger partial charge in [-0.15, -0.1) is 11.8 Å². The fourth-order valence-electron chi connectivity index (χ4n) is 2.81. The van der Waals surface area contributed by atoms with Gasteiger partial charge in [-0.1, -0.05) is 31.9 Å². The van der Waals surface area contributed by atoms with Crippen LogP contribution < -0.4 is 0 Å². The molecule has 2 atom stereocenters. The predicted octanol–water partition coefficient (Wildman–Crippen LogP) is 9.89. The fraction of sp³-hybridized carbons (Fsp3) is 0.333. The van der Waals surface area contributed by atoms with E-state index in [-0.39, 0.29) is 21.1 Å². The molecule has 2 rings (SSSR count). The van der Waals surface area contributed by atoms with Crippen molar-refractivity contribution in [3.05, 3.63) is 67.6 Å². The van der Waals surface area contributed by atoms with Gasteiger partial charge >= 0.3 is 24.7 Å². The minimum Gasteiger partial charge on any atom is -0.169 e. The topological polar surface area (TPSA) is 0 Å². The highest BCUT2D eigenvalue weighted by Gasteiger charge is 2.53. The van der Waals surface area contributed by atoms with Crippen molar-refractivity contribution >= 4 is 43.6 Å². The van der Waals surface area contributed by atoms with Crippen LogP contribution in [0.1, 0.15) is 32.8 Å². The quantitative estimate of drug-likeness (QED) is 0.299. The summed E-state index contributed by atoms with van der Waals surface area (Å²) in [4.78, 5) is 0. The van der Waals surface area contributed by atoms with Crippen LogP contribution in [0.3, 0.4) is 0 Å². The van der Waals surface area contributed by atoms with Crippen molar-refractivity contribution in [3.8, 4) is 0 Å². The first-order valence-corrected chi connectivity index (χ1v) is 10.8. The Morgan fingerprint density at radius 2 is 0.848 bits per heavy atom. The van der Waals surface area contributed by atoms with Gasteiger partial charge in [0.25, 0.3) is 0 Å². The molecule has 0 spiro atoms. The van der Waals surface area contributed by atoms with E-state index >= 15 is 0 Å². The van der Waals surface area contributed by atoms with Gasteiger partial charge in [-0.25, -0.2) is 0 Å². The van der Waals surface area contributed by atoms with E-state index in [4.69, 9.17) is 0 Å². The third-order valence-electron chi connectivity index (χ3n) is 4.07. The molecule has 2 aromatic rings. The molecule has 0 amide bonds. The van der Waals surface area contributed by atoms with E-state index in [0.29, 0.717) is 12.1 Å². The number of hydrogen-bond acceptors (Lipinski definition) is 1. The molecule has 0 heterocycles. The Kier molecular flexibility index (Phi) is 8.12. The largest absolute Gasteiger partial charge is 0.416 e. The summed E-state index contributed by atoms with van der Waals surface area (Å²) in [5.41, 5.74) is -6.89. The van der Waals surface area contributed by atoms with Crippen molar-refractivity contribution in [3.63, 3.8) is 0 Å². The van der Waals surface area contributed by atoms with Crippen LogP contribution in [0.4, 0.5) is 52.7 Å². The molecule has 0 N–H and O–H groups in total. The third-order valence-corrected chi connectivity index (χ3v) is 6.64. The van der Waals surface area contributed by atoms with Gasteiger partial charge in [-0.3, -0.25) is 0 Å². The molecule has 0 nitrogen and oxygen atoms in total. The second-order valence-electron chi connectivity index (χ2n) is 6.44. The van der Waals surface area contributed by atoms with E-state index in [0.717, 1.165) is 12.1 Å². The van der Waals surface area contributed by atoms with Crippen LogP contribution in [0.2, 0.25) is 0 Å². The van der Waals surface area contributed by atoms with E-state index in [1.165, 1.54) is 0 Å². The van der Waals surface area contributed by atoms with Gasteiger partial charge in [0.15, 0.2) is 0 Å². The summed E-state index contributed by atoms with van der Waals surface area (Å²) in [7, 11) is 0. The van der Waals surface area contributed by atoms with Gasteiger partial charge < -0.3 is 0 Å². The number of halogens is 14. The average Bonchev–Trinajstić information content (AvgIpc) is 2.57. The van der Waals surface area contributed by atoms with Crippen molar-refractivity contribution in [2.45, 2.75) is 35.2 Å². The number of rotatable bonds is 4. The maximum absolute atomic E-state index is 13.8. The minimum absolute atomic E-state index is 0.238. The highest BCUT2D eigenvalue weighted by atomic mass is 79.9. The summed E-state index contributed by atoms with van der Waals surface area (Å²) in [6.07, 6.45) is -22.1. The van der Waals surface area contributed by atoms with Crippen LogP contribution in [-0.4, -0.2) is 12.4 Å². The van der Waals surface area contributed by atoms with E-state index < -0.39 is 69.2 Å². The number of alkyl halides is 12. The molecular weight excluding hydrogens is 636 g/mol. The molecule has 0 bridgehead atoms. The van der Waals surface area contributed by atoms with Crippen molar-refractivity contribution in [1.82, 2.24) is 0 Å². The van der Waals surface area contributed by atoms with Gasteiger partial charge in [0, 0.05) is 8.95 Å². The van der Waals surface area contributed by atoms with Crippen molar-refractivity contribution in [2.24, 2.45) is 0 Å². The second kappa shape index (κ2) is 9.51. The lowest BCUT2D eigenvalue weighted by Gasteiger charge is -2.30. The SMILES string of the molecule is FC(F)(F)c1ccc(Br)cc1C(SC(c1cc(Br)ccc1C(F)(F)F)C(F)(F)F)C(F)(F)F. The standard InChI is InChI=1S/C18H8Br2F12S/c19-7-1-3-11(15(21,22)23)9(5-7)13(17(27,28)29)33-14(18(30,31)32)10-6-8(20)2-4-12(10)16(24,25)26/h1-6,13-14H. The van der Waals surface area contributed by atoms with Crippen LogP contribution in [0.15, 0.2) is 45.3 Å². The molecule has 0 aliphatic rings. The van der Waals surface area contributed by atoms with Crippen molar-refractivity contribution in [2.75, 3.05) is 0 Å². The molecule has 15 heteroatoms. The molecule has 0 fully saturated rings. The van der Waals surface area contributed by atoms with Crippen LogP contribution in [0, 0.1) is 0 Å². The molecule has 2 unspecified atom stereocenters. The molecule has 33 heavy (non-hydrogen) atoms. The summed E-state index contributed by atoms with van der Waals surface area (Å²) >= 11 is 4.25. The lowest BCUT2D eigenvalue weighted by atomic mass is 10.0. The molecule has 0 aliphatic heterocycles. The minimum atomic E-state index is -5.68. The first-order chi connectivity index (χ1) is 14.7. The summed E-state index contributed by atoms with van der Waals surface area (Å²) in [5, 5.41) is -6.92. The maximum Gasteiger partial charge on any atom is 0.416 e. The molecule has 184 valence electrons. The molecule has 0 aliphatic carbocycles. The zero-order chi connectivity index (χ0) is 25.6. The van der Waals surface area contributed by atoms with Crippen LogP contribution in [0.5, 0.6) is 0 Å². The van der Waals surface area contributed by atoms with Gasteiger partial charge in [0.05, 0.1) is 11.1 Å². The van der Waals surface area contributed by atoms with Gasteiger partial charge in [0.1, 0.15) is 10.5 Å². The molecule has 0 saturated carbocycles. The smallest absolute Gasteiger partial charge is 0.169 e. The Balaban J connectivity index is 2.78. The molecule has 0 aromatic heterocycles. The van der Waals surface area contributed by atoms with Crippen LogP contribution in [-0.2, 0) is 12.4 Å². The first kappa shape index (κ1) is 28.1.